The third-order valence-electron chi connectivity index (χ3n) is 3.15. The first-order chi connectivity index (χ1) is 8.09. The summed E-state index contributed by atoms with van der Waals surface area (Å²) in [5, 5.41) is 13.8. The van der Waals surface area contributed by atoms with E-state index in [1.54, 1.807) is 0 Å². The lowest BCUT2D eigenvalue weighted by Crippen LogP contribution is -2.29. The number of β-amino-alcohol motifs (C(OH)–C–C–N with tert-alkyl or cyclic N) is 1. The van der Waals surface area contributed by atoms with Gasteiger partial charge in [-0.1, -0.05) is 18.5 Å². The van der Waals surface area contributed by atoms with Crippen LogP contribution in [0.1, 0.15) is 44.8 Å². The summed E-state index contributed by atoms with van der Waals surface area (Å²) >= 11 is 0. The van der Waals surface area contributed by atoms with Crippen molar-refractivity contribution in [1.29, 1.82) is 0 Å². The fourth-order valence-electron chi connectivity index (χ4n) is 2.16. The van der Waals surface area contributed by atoms with Crippen molar-refractivity contribution >= 4 is 0 Å². The fourth-order valence-corrected chi connectivity index (χ4v) is 2.16. The van der Waals surface area contributed by atoms with Crippen LogP contribution in [0, 0.1) is 0 Å². The normalized spacial score (nSPS) is 25.6. The van der Waals surface area contributed by atoms with Gasteiger partial charge in [-0.15, -0.1) is 0 Å². The first-order valence-electron chi connectivity index (χ1n) is 6.35. The van der Waals surface area contributed by atoms with Gasteiger partial charge in [-0.3, -0.25) is 4.90 Å². The zero-order valence-corrected chi connectivity index (χ0v) is 10.6. The average molecular weight is 239 g/mol. The molecule has 1 N–H and O–H groups in total. The summed E-state index contributed by atoms with van der Waals surface area (Å²) in [4.78, 5) is 6.51. The Labute approximate surface area is 102 Å². The van der Waals surface area contributed by atoms with Crippen molar-refractivity contribution in [1.82, 2.24) is 15.0 Å². The molecule has 5 heteroatoms. The Morgan fingerprint density at radius 2 is 2.35 bits per heavy atom. The largest absolute Gasteiger partial charge is 0.389 e. The van der Waals surface area contributed by atoms with E-state index in [9.17, 15) is 5.11 Å². The van der Waals surface area contributed by atoms with Gasteiger partial charge in [0.15, 0.2) is 5.82 Å². The Kier molecular flexibility index (Phi) is 3.79. The molecule has 0 amide bonds. The van der Waals surface area contributed by atoms with E-state index in [2.05, 4.69) is 22.0 Å². The third kappa shape index (κ3) is 3.51. The smallest absolute Gasteiger partial charge is 0.240 e. The molecule has 0 saturated carbocycles. The topological polar surface area (TPSA) is 62.4 Å². The minimum absolute atomic E-state index is 0.564. The molecule has 1 aromatic rings. The Balaban J connectivity index is 1.85. The molecular weight excluding hydrogens is 218 g/mol. The molecule has 0 bridgehead atoms. The van der Waals surface area contributed by atoms with Gasteiger partial charge in [-0.25, -0.2) is 0 Å². The maximum Gasteiger partial charge on any atom is 0.240 e. The Morgan fingerprint density at radius 3 is 3.00 bits per heavy atom. The monoisotopic (exact) mass is 239 g/mol. The van der Waals surface area contributed by atoms with E-state index in [1.165, 1.54) is 0 Å². The maximum atomic E-state index is 9.86. The zero-order chi connectivity index (χ0) is 12.3. The number of rotatable bonds is 5. The molecule has 1 aliphatic rings. The molecule has 0 radical (unpaired) electrons. The van der Waals surface area contributed by atoms with Gasteiger partial charge in [-0.2, -0.15) is 4.98 Å². The number of unbranched alkanes of at least 4 members (excludes halogenated alkanes) is 1. The number of nitrogens with zero attached hydrogens (tertiary/aromatic N) is 3. The van der Waals surface area contributed by atoms with Crippen LogP contribution in [-0.4, -0.2) is 38.8 Å². The summed E-state index contributed by atoms with van der Waals surface area (Å²) in [6.07, 6.45) is 3.93. The number of hydrogen-bond donors (Lipinski definition) is 1. The van der Waals surface area contributed by atoms with Gasteiger partial charge in [-0.05, 0) is 19.8 Å². The highest BCUT2D eigenvalue weighted by molar-refractivity contribution is 4.91. The second kappa shape index (κ2) is 5.14. The highest BCUT2D eigenvalue weighted by Gasteiger charge is 2.31. The van der Waals surface area contributed by atoms with Crippen LogP contribution in [0.15, 0.2) is 4.52 Å². The van der Waals surface area contributed by atoms with Crippen molar-refractivity contribution in [2.24, 2.45) is 0 Å². The molecular formula is C12H21N3O2. The Hall–Kier alpha value is -0.940. The molecule has 1 fully saturated rings. The summed E-state index contributed by atoms with van der Waals surface area (Å²) < 4.78 is 5.21. The van der Waals surface area contributed by atoms with Gasteiger partial charge < -0.3 is 9.63 Å². The fraction of sp³-hybridized carbons (Fsp3) is 0.833. The van der Waals surface area contributed by atoms with Crippen molar-refractivity contribution in [2.45, 2.75) is 51.7 Å². The van der Waals surface area contributed by atoms with Crippen molar-refractivity contribution in [2.75, 3.05) is 13.1 Å². The number of hydrogen-bond acceptors (Lipinski definition) is 5. The third-order valence-corrected chi connectivity index (χ3v) is 3.15. The van der Waals surface area contributed by atoms with Crippen molar-refractivity contribution < 1.29 is 9.63 Å². The predicted molar refractivity (Wildman–Crippen MR) is 63.4 cm³/mol. The molecule has 17 heavy (non-hydrogen) atoms. The first-order valence-corrected chi connectivity index (χ1v) is 6.35. The molecule has 0 aliphatic carbocycles. The minimum Gasteiger partial charge on any atom is -0.389 e. The van der Waals surface area contributed by atoms with E-state index in [4.69, 9.17) is 4.52 Å². The molecule has 2 heterocycles. The molecule has 0 aromatic carbocycles. The van der Waals surface area contributed by atoms with Crippen LogP contribution in [0.5, 0.6) is 0 Å². The second-order valence-corrected chi connectivity index (χ2v) is 5.17. The SMILES string of the molecule is CCCCc1noc(CN2CCC(C)(O)C2)n1. The molecule has 2 rings (SSSR count). The lowest BCUT2D eigenvalue weighted by Gasteiger charge is -2.16. The lowest BCUT2D eigenvalue weighted by atomic mass is 10.1. The van der Waals surface area contributed by atoms with Crippen LogP contribution >= 0.6 is 0 Å². The molecule has 1 atom stereocenters. The van der Waals surface area contributed by atoms with Gasteiger partial charge >= 0.3 is 0 Å². The van der Waals surface area contributed by atoms with Crippen LogP contribution in [-0.2, 0) is 13.0 Å². The van der Waals surface area contributed by atoms with Crippen molar-refractivity contribution in [3.8, 4) is 0 Å². The van der Waals surface area contributed by atoms with Gasteiger partial charge in [0.2, 0.25) is 5.89 Å². The van der Waals surface area contributed by atoms with E-state index in [1.807, 2.05) is 6.92 Å². The second-order valence-electron chi connectivity index (χ2n) is 5.17. The first kappa shape index (κ1) is 12.5. The highest BCUT2D eigenvalue weighted by atomic mass is 16.5. The van der Waals surface area contributed by atoms with Gasteiger partial charge in [0.1, 0.15) is 0 Å². The van der Waals surface area contributed by atoms with E-state index < -0.39 is 5.60 Å². The standard InChI is InChI=1S/C12H21N3O2/c1-3-4-5-10-13-11(17-14-10)8-15-7-6-12(2,16)9-15/h16H,3-9H2,1-2H3. The number of aliphatic hydroxyl groups is 1. The summed E-state index contributed by atoms with van der Waals surface area (Å²) in [6, 6.07) is 0. The maximum absolute atomic E-state index is 9.86. The molecule has 1 unspecified atom stereocenters. The van der Waals surface area contributed by atoms with Gasteiger partial charge in [0.05, 0.1) is 12.1 Å². The quantitative estimate of drug-likeness (QED) is 0.840. The molecule has 1 aromatic heterocycles. The summed E-state index contributed by atoms with van der Waals surface area (Å²) in [7, 11) is 0. The van der Waals surface area contributed by atoms with Crippen LogP contribution in [0.25, 0.3) is 0 Å². The van der Waals surface area contributed by atoms with Crippen LogP contribution in [0.2, 0.25) is 0 Å². The lowest BCUT2D eigenvalue weighted by molar-refractivity contribution is 0.0665. The van der Waals surface area contributed by atoms with E-state index in [0.717, 1.165) is 38.1 Å². The van der Waals surface area contributed by atoms with Gasteiger partial charge in [0, 0.05) is 19.5 Å². The van der Waals surface area contributed by atoms with E-state index in [0.29, 0.717) is 19.0 Å². The average Bonchev–Trinajstić information content (AvgIpc) is 2.83. The molecule has 0 spiro atoms. The Morgan fingerprint density at radius 1 is 1.53 bits per heavy atom. The zero-order valence-electron chi connectivity index (χ0n) is 10.6. The van der Waals surface area contributed by atoms with E-state index in [-0.39, 0.29) is 0 Å². The number of aryl methyl sites for hydroxylation is 1. The summed E-state index contributed by atoms with van der Waals surface area (Å²) in [6.45, 7) is 6.23. The van der Waals surface area contributed by atoms with Crippen molar-refractivity contribution in [3.05, 3.63) is 11.7 Å². The minimum atomic E-state index is -0.564. The van der Waals surface area contributed by atoms with Crippen LogP contribution in [0.3, 0.4) is 0 Å². The van der Waals surface area contributed by atoms with Crippen LogP contribution < -0.4 is 0 Å². The number of likely N-dealkylation sites (tertiary alicyclic amines) is 1. The Bertz CT molecular complexity index is 362. The number of aromatic nitrogens is 2. The molecule has 1 aliphatic heterocycles. The van der Waals surface area contributed by atoms with Gasteiger partial charge in [0.25, 0.3) is 0 Å². The molecule has 96 valence electrons. The summed E-state index contributed by atoms with van der Waals surface area (Å²) in [5.74, 6) is 1.46. The van der Waals surface area contributed by atoms with Crippen LogP contribution in [0.4, 0.5) is 0 Å². The highest BCUT2D eigenvalue weighted by Crippen LogP contribution is 2.21. The van der Waals surface area contributed by atoms with E-state index >= 15 is 0 Å². The predicted octanol–water partition coefficient (Wildman–Crippen LogP) is 1.37. The molecule has 5 nitrogen and oxygen atoms in total. The molecule has 1 saturated heterocycles. The summed E-state index contributed by atoms with van der Waals surface area (Å²) in [5.41, 5.74) is -0.564. The van der Waals surface area contributed by atoms with Crippen molar-refractivity contribution in [3.63, 3.8) is 0 Å².